The van der Waals surface area contributed by atoms with Gasteiger partial charge in [-0.2, -0.15) is 0 Å². The number of nitrogens with zero attached hydrogens (tertiary/aromatic N) is 4. The highest BCUT2D eigenvalue weighted by Gasteiger charge is 2.43. The van der Waals surface area contributed by atoms with E-state index in [1.54, 1.807) is 74.7 Å². The van der Waals surface area contributed by atoms with Crippen molar-refractivity contribution >= 4 is 29.5 Å². The second kappa shape index (κ2) is 19.9. The Hall–Kier alpha value is -3.78. The van der Waals surface area contributed by atoms with Crippen LogP contribution in [0.2, 0.25) is 0 Å². The van der Waals surface area contributed by atoms with Gasteiger partial charge in [0.1, 0.15) is 11.6 Å². The zero-order valence-electron chi connectivity index (χ0n) is 33.3. The Labute approximate surface area is 310 Å². The molecule has 1 fully saturated rings. The van der Waals surface area contributed by atoms with Crippen molar-refractivity contribution in [3.05, 3.63) is 39.9 Å². The lowest BCUT2D eigenvalue weighted by atomic mass is 9.89. The molecule has 1 aliphatic heterocycles. The molecule has 14 nitrogen and oxygen atoms in total. The number of nitro benzene ring substituents is 1. The summed E-state index contributed by atoms with van der Waals surface area (Å²) in [5.41, 5.74) is -0.167. The quantitative estimate of drug-likeness (QED) is 0.161. The summed E-state index contributed by atoms with van der Waals surface area (Å²) in [5.74, 6) is -1.54. The van der Waals surface area contributed by atoms with Gasteiger partial charge in [0.2, 0.25) is 17.7 Å². The van der Waals surface area contributed by atoms with Crippen LogP contribution < -0.4 is 5.32 Å². The van der Waals surface area contributed by atoms with Crippen molar-refractivity contribution in [3.63, 3.8) is 0 Å². The monoisotopic (exact) mass is 733 g/mol. The molecule has 1 aromatic carbocycles. The lowest BCUT2D eigenvalue weighted by Gasteiger charge is -2.41. The molecule has 1 heterocycles. The van der Waals surface area contributed by atoms with Crippen molar-refractivity contribution in [2.45, 2.75) is 123 Å². The highest BCUT2D eigenvalue weighted by Crippen LogP contribution is 2.30. The molecule has 0 aromatic heterocycles. The van der Waals surface area contributed by atoms with Gasteiger partial charge in [-0.25, -0.2) is 4.79 Å². The molecule has 0 unspecified atom stereocenters. The standard InChI is InChI=1S/C38H63N5O9/c1-13-25(4)33(41(10)36(46)32(24(2)3)39-37(47)52-38(6,7)8)30(50-11)23-31(44)42-21-16-19-29(42)34(51-12)26(5)35(45)40(9)22-20-27-17-14-15-18-28(27)43(48)49/h14-15,17-18,24-26,29-30,32-34H,13,16,19-23H2,1-12H3,(H,39,47)/t25-,26+,29-,30+,32-,33-,34+/m0/s1. The maximum absolute atomic E-state index is 14.1. The molecule has 14 heteroatoms. The number of carbonyl (C=O) groups is 4. The summed E-state index contributed by atoms with van der Waals surface area (Å²) in [4.78, 5) is 70.4. The van der Waals surface area contributed by atoms with E-state index >= 15 is 0 Å². The zero-order chi connectivity index (χ0) is 39.5. The summed E-state index contributed by atoms with van der Waals surface area (Å²) in [6.45, 7) is 15.5. The van der Waals surface area contributed by atoms with Crippen molar-refractivity contribution in [2.24, 2.45) is 17.8 Å². The van der Waals surface area contributed by atoms with Crippen LogP contribution in [0.15, 0.2) is 24.3 Å². The van der Waals surface area contributed by atoms with Gasteiger partial charge in [0, 0.05) is 53.0 Å². The molecule has 4 amide bonds. The fourth-order valence-corrected chi connectivity index (χ4v) is 7.11. The number of rotatable bonds is 18. The second-order valence-corrected chi connectivity index (χ2v) is 15.4. The minimum Gasteiger partial charge on any atom is -0.444 e. The van der Waals surface area contributed by atoms with E-state index in [-0.39, 0.29) is 54.3 Å². The first-order chi connectivity index (χ1) is 24.3. The zero-order valence-corrected chi connectivity index (χ0v) is 33.3. The maximum Gasteiger partial charge on any atom is 0.408 e. The molecule has 1 saturated heterocycles. The minimum atomic E-state index is -0.856. The number of likely N-dealkylation sites (tertiary alicyclic amines) is 1. The smallest absolute Gasteiger partial charge is 0.408 e. The van der Waals surface area contributed by atoms with Crippen LogP contribution in [0, 0.1) is 27.9 Å². The van der Waals surface area contributed by atoms with Crippen molar-refractivity contribution in [2.75, 3.05) is 41.4 Å². The molecule has 52 heavy (non-hydrogen) atoms. The van der Waals surface area contributed by atoms with Crippen LogP contribution >= 0.6 is 0 Å². The van der Waals surface area contributed by atoms with E-state index in [4.69, 9.17) is 14.2 Å². The molecule has 0 spiro atoms. The van der Waals surface area contributed by atoms with E-state index in [0.717, 1.165) is 6.42 Å². The van der Waals surface area contributed by atoms with Gasteiger partial charge in [-0.3, -0.25) is 24.5 Å². The number of nitro groups is 1. The van der Waals surface area contributed by atoms with Gasteiger partial charge in [0.05, 0.1) is 41.6 Å². The van der Waals surface area contributed by atoms with Gasteiger partial charge in [0.15, 0.2) is 0 Å². The number of amides is 4. The first-order valence-electron chi connectivity index (χ1n) is 18.4. The highest BCUT2D eigenvalue weighted by molar-refractivity contribution is 5.86. The van der Waals surface area contributed by atoms with E-state index in [1.165, 1.54) is 20.3 Å². The molecule has 0 saturated carbocycles. The molecule has 294 valence electrons. The van der Waals surface area contributed by atoms with Crippen LogP contribution in [-0.2, 0) is 35.0 Å². The van der Waals surface area contributed by atoms with Crippen LogP contribution in [0.3, 0.4) is 0 Å². The Morgan fingerprint density at radius 3 is 2.21 bits per heavy atom. The highest BCUT2D eigenvalue weighted by atomic mass is 16.6. The molecule has 1 N–H and O–H groups in total. The normalized spacial score (nSPS) is 18.2. The predicted octanol–water partition coefficient (Wildman–Crippen LogP) is 5.07. The lowest BCUT2D eigenvalue weighted by Crippen LogP contribution is -2.58. The van der Waals surface area contributed by atoms with Gasteiger partial charge in [-0.15, -0.1) is 0 Å². The van der Waals surface area contributed by atoms with Crippen molar-refractivity contribution in [1.29, 1.82) is 0 Å². The number of para-hydroxylation sites is 1. The number of hydrogen-bond donors (Lipinski definition) is 1. The molecule has 0 bridgehead atoms. The van der Waals surface area contributed by atoms with Gasteiger partial charge in [-0.05, 0) is 51.9 Å². The first kappa shape index (κ1) is 44.4. The SMILES string of the molecule is CC[C@H](C)[C@@H]([C@@H](CC(=O)N1CCC[C@H]1[C@H](OC)[C@@H](C)C(=O)N(C)CCc1ccccc1[N+](=O)[O-])OC)N(C)C(=O)[C@@H](NC(=O)OC(C)(C)C)C(C)C. The van der Waals surface area contributed by atoms with Gasteiger partial charge < -0.3 is 34.2 Å². The average molecular weight is 734 g/mol. The molecule has 0 aliphatic carbocycles. The third-order valence-electron chi connectivity index (χ3n) is 10.1. The predicted molar refractivity (Wildman–Crippen MR) is 199 cm³/mol. The molecular formula is C38H63N5O9. The molecule has 0 radical (unpaired) electrons. The summed E-state index contributed by atoms with van der Waals surface area (Å²) in [7, 11) is 6.42. The van der Waals surface area contributed by atoms with E-state index in [0.29, 0.717) is 31.4 Å². The Morgan fingerprint density at radius 1 is 1.04 bits per heavy atom. The summed E-state index contributed by atoms with van der Waals surface area (Å²) in [5, 5.41) is 14.2. The Kier molecular flexibility index (Phi) is 17.0. The minimum absolute atomic E-state index is 0.0000139. The number of likely N-dealkylation sites (N-methyl/N-ethyl adjacent to an activating group) is 2. The number of hydrogen-bond acceptors (Lipinski definition) is 9. The summed E-state index contributed by atoms with van der Waals surface area (Å²) in [6, 6.07) is 4.79. The molecule has 1 aliphatic rings. The van der Waals surface area contributed by atoms with E-state index in [9.17, 15) is 29.3 Å². The lowest BCUT2D eigenvalue weighted by molar-refractivity contribution is -0.385. The van der Waals surface area contributed by atoms with E-state index in [2.05, 4.69) is 5.32 Å². The fourth-order valence-electron chi connectivity index (χ4n) is 7.11. The summed E-state index contributed by atoms with van der Waals surface area (Å²) in [6.07, 6.45) is 0.498. The Balaban J connectivity index is 2.23. The van der Waals surface area contributed by atoms with Crippen LogP contribution in [0.1, 0.15) is 86.6 Å². The van der Waals surface area contributed by atoms with E-state index < -0.39 is 46.8 Å². The van der Waals surface area contributed by atoms with Crippen LogP contribution in [-0.4, -0.2) is 121 Å². The number of methoxy groups -OCH3 is 2. The maximum atomic E-state index is 14.1. The number of ether oxygens (including phenoxy) is 3. The van der Waals surface area contributed by atoms with Crippen molar-refractivity contribution < 1.29 is 38.3 Å². The van der Waals surface area contributed by atoms with Crippen molar-refractivity contribution in [1.82, 2.24) is 20.0 Å². The van der Waals surface area contributed by atoms with Gasteiger partial charge >= 0.3 is 6.09 Å². The topological polar surface area (TPSA) is 161 Å². The second-order valence-electron chi connectivity index (χ2n) is 15.4. The van der Waals surface area contributed by atoms with E-state index in [1.807, 2.05) is 27.7 Å². The Morgan fingerprint density at radius 2 is 1.67 bits per heavy atom. The van der Waals surface area contributed by atoms with Crippen LogP contribution in [0.25, 0.3) is 0 Å². The summed E-state index contributed by atoms with van der Waals surface area (Å²) < 4.78 is 17.3. The average Bonchev–Trinajstić information content (AvgIpc) is 3.57. The van der Waals surface area contributed by atoms with Gasteiger partial charge in [-0.1, -0.05) is 59.2 Å². The third kappa shape index (κ3) is 11.9. The first-order valence-corrected chi connectivity index (χ1v) is 18.4. The van der Waals surface area contributed by atoms with Gasteiger partial charge in [0.25, 0.3) is 5.69 Å². The van der Waals surface area contributed by atoms with Crippen LogP contribution in [0.4, 0.5) is 10.5 Å². The molecule has 7 atom stereocenters. The fraction of sp³-hybridized carbons (Fsp3) is 0.737. The Bertz CT molecular complexity index is 1370. The molecule has 2 rings (SSSR count). The number of nitrogens with one attached hydrogen (secondary N) is 1. The molecular weight excluding hydrogens is 670 g/mol. The van der Waals surface area contributed by atoms with Crippen LogP contribution in [0.5, 0.6) is 0 Å². The number of alkyl carbamates (subject to hydrolysis) is 1. The third-order valence-corrected chi connectivity index (χ3v) is 10.1. The summed E-state index contributed by atoms with van der Waals surface area (Å²) >= 11 is 0. The molecule has 1 aromatic rings. The number of carbonyl (C=O) groups excluding carboxylic acids is 4. The number of benzene rings is 1. The van der Waals surface area contributed by atoms with Crippen molar-refractivity contribution in [3.8, 4) is 0 Å². The largest absolute Gasteiger partial charge is 0.444 e.